The fraction of sp³-hybridized carbons (Fsp3) is 0.464. The Hall–Kier alpha value is -3.55. The smallest absolute Gasteiger partial charge is 0.311 e. The number of aryl methyl sites for hydroxylation is 1. The number of amides is 2. The molecule has 1 heterocycles. The molecular weight excluding hydrogens is 460 g/mol. The lowest BCUT2D eigenvalue weighted by Gasteiger charge is -2.40. The number of carbonyl (C=O) groups is 3. The number of nitrogens with zero attached hydrogens (tertiary/aromatic N) is 1. The number of rotatable bonds is 9. The Labute approximate surface area is 212 Å². The molecular formula is C28H36N2O6. The number of piperidine rings is 1. The van der Waals surface area contributed by atoms with Crippen LogP contribution in [0.5, 0.6) is 11.5 Å². The van der Waals surface area contributed by atoms with E-state index in [1.165, 1.54) is 7.11 Å². The predicted molar refractivity (Wildman–Crippen MR) is 137 cm³/mol. The second kappa shape index (κ2) is 11.9. The molecule has 3 unspecified atom stereocenters. The molecule has 0 aliphatic carbocycles. The average molecular weight is 497 g/mol. The molecule has 3 atom stereocenters. The van der Waals surface area contributed by atoms with E-state index in [1.54, 1.807) is 24.1 Å². The molecule has 1 aliphatic rings. The van der Waals surface area contributed by atoms with E-state index < -0.39 is 17.9 Å². The van der Waals surface area contributed by atoms with Crippen molar-refractivity contribution in [1.29, 1.82) is 0 Å². The number of carbonyl (C=O) groups excluding carboxylic acids is 3. The third-order valence-electron chi connectivity index (χ3n) is 6.70. The minimum Gasteiger partial charge on any atom is -0.493 e. The van der Waals surface area contributed by atoms with Crippen LogP contribution in [0.2, 0.25) is 0 Å². The summed E-state index contributed by atoms with van der Waals surface area (Å²) < 4.78 is 16.3. The van der Waals surface area contributed by atoms with Crippen molar-refractivity contribution in [2.24, 2.45) is 11.8 Å². The van der Waals surface area contributed by atoms with E-state index in [0.717, 1.165) is 5.56 Å². The monoisotopic (exact) mass is 496 g/mol. The summed E-state index contributed by atoms with van der Waals surface area (Å²) in [7, 11) is 3.08. The van der Waals surface area contributed by atoms with E-state index >= 15 is 0 Å². The lowest BCUT2D eigenvalue weighted by Crippen LogP contribution is -2.46. The molecule has 0 spiro atoms. The van der Waals surface area contributed by atoms with Gasteiger partial charge in [0.15, 0.2) is 18.1 Å². The van der Waals surface area contributed by atoms with Gasteiger partial charge in [-0.1, -0.05) is 37.6 Å². The first-order valence-electron chi connectivity index (χ1n) is 12.2. The third-order valence-corrected chi connectivity index (χ3v) is 6.70. The molecule has 3 rings (SSSR count). The second-order valence-electron chi connectivity index (χ2n) is 9.51. The van der Waals surface area contributed by atoms with Gasteiger partial charge in [-0.2, -0.15) is 0 Å². The second-order valence-corrected chi connectivity index (χ2v) is 9.51. The number of nitrogens with one attached hydrogen (secondary N) is 1. The molecule has 0 radical (unpaired) electrons. The van der Waals surface area contributed by atoms with Crippen LogP contribution in [0, 0.1) is 18.8 Å². The number of esters is 1. The summed E-state index contributed by atoms with van der Waals surface area (Å²) in [5, 5.41) is 2.84. The molecule has 1 saturated heterocycles. The van der Waals surface area contributed by atoms with E-state index in [9.17, 15) is 14.4 Å². The van der Waals surface area contributed by atoms with Gasteiger partial charge < -0.3 is 24.4 Å². The molecule has 8 heteroatoms. The van der Waals surface area contributed by atoms with Crippen molar-refractivity contribution < 1.29 is 28.6 Å². The van der Waals surface area contributed by atoms with E-state index in [4.69, 9.17) is 14.2 Å². The average Bonchev–Trinajstić information content (AvgIpc) is 2.87. The van der Waals surface area contributed by atoms with Gasteiger partial charge in [0.25, 0.3) is 5.91 Å². The molecule has 0 aromatic heterocycles. The first-order chi connectivity index (χ1) is 17.2. The van der Waals surface area contributed by atoms with Crippen LogP contribution in [0.3, 0.4) is 0 Å². The summed E-state index contributed by atoms with van der Waals surface area (Å²) in [5.41, 5.74) is 2.45. The lowest BCUT2D eigenvalue weighted by atomic mass is 9.83. The molecule has 0 bridgehead atoms. The molecule has 1 N–H and O–H groups in total. The van der Waals surface area contributed by atoms with Gasteiger partial charge in [-0.15, -0.1) is 0 Å². The Balaban J connectivity index is 1.94. The largest absolute Gasteiger partial charge is 0.493 e. The van der Waals surface area contributed by atoms with E-state index in [1.807, 2.05) is 58.0 Å². The van der Waals surface area contributed by atoms with Gasteiger partial charge in [-0.3, -0.25) is 14.4 Å². The molecule has 2 aromatic rings. The maximum atomic E-state index is 13.3. The Morgan fingerprint density at radius 1 is 1.03 bits per heavy atom. The lowest BCUT2D eigenvalue weighted by molar-refractivity contribution is -0.154. The summed E-state index contributed by atoms with van der Waals surface area (Å²) in [5.74, 6) is -0.345. The van der Waals surface area contributed by atoms with Gasteiger partial charge in [-0.05, 0) is 56.0 Å². The van der Waals surface area contributed by atoms with Gasteiger partial charge >= 0.3 is 5.97 Å². The molecule has 2 aromatic carbocycles. The number of benzene rings is 2. The van der Waals surface area contributed by atoms with Gasteiger partial charge in [-0.25, -0.2) is 0 Å². The van der Waals surface area contributed by atoms with Crippen molar-refractivity contribution >= 4 is 23.5 Å². The van der Waals surface area contributed by atoms with Crippen LogP contribution < -0.4 is 19.7 Å². The molecule has 194 valence electrons. The number of ether oxygens (including phenoxy) is 3. The summed E-state index contributed by atoms with van der Waals surface area (Å²) in [6.07, 6.45) is 0.497. The minimum absolute atomic E-state index is 0.0416. The maximum absolute atomic E-state index is 13.3. The summed E-state index contributed by atoms with van der Waals surface area (Å²) >= 11 is 0. The zero-order valence-electron chi connectivity index (χ0n) is 21.9. The summed E-state index contributed by atoms with van der Waals surface area (Å²) in [6, 6.07) is 12.3. The van der Waals surface area contributed by atoms with Crippen molar-refractivity contribution in [3.8, 4) is 11.5 Å². The SMILES string of the molecule is COc1ccc(C2C(C(=O)OCC(=O)NC(C)C(C)C)CCC(=O)N2c2ccc(C)cc2)cc1OC. The van der Waals surface area contributed by atoms with Crippen molar-refractivity contribution in [3.63, 3.8) is 0 Å². The molecule has 8 nitrogen and oxygen atoms in total. The van der Waals surface area contributed by atoms with Crippen LogP contribution in [0.25, 0.3) is 0 Å². The Kier molecular flexibility index (Phi) is 8.96. The van der Waals surface area contributed by atoms with Crippen LogP contribution in [-0.2, 0) is 19.1 Å². The van der Waals surface area contributed by atoms with Gasteiger partial charge in [0, 0.05) is 18.2 Å². The van der Waals surface area contributed by atoms with Crippen molar-refractivity contribution in [1.82, 2.24) is 5.32 Å². The highest BCUT2D eigenvalue weighted by Crippen LogP contribution is 2.42. The van der Waals surface area contributed by atoms with Crippen molar-refractivity contribution in [2.75, 3.05) is 25.7 Å². The predicted octanol–water partition coefficient (Wildman–Crippen LogP) is 4.20. The molecule has 1 fully saturated rings. The van der Waals surface area contributed by atoms with E-state index in [2.05, 4.69) is 5.32 Å². The van der Waals surface area contributed by atoms with Gasteiger partial charge in [0.2, 0.25) is 5.91 Å². The first-order valence-corrected chi connectivity index (χ1v) is 12.2. The van der Waals surface area contributed by atoms with E-state index in [0.29, 0.717) is 29.2 Å². The zero-order chi connectivity index (χ0) is 26.4. The van der Waals surface area contributed by atoms with Crippen molar-refractivity contribution in [2.45, 2.75) is 52.6 Å². The van der Waals surface area contributed by atoms with E-state index in [-0.39, 0.29) is 36.8 Å². The normalized spacial score (nSPS) is 18.5. The Bertz CT molecular complexity index is 1080. The highest BCUT2D eigenvalue weighted by Gasteiger charge is 2.42. The van der Waals surface area contributed by atoms with Gasteiger partial charge in [0.1, 0.15) is 0 Å². The molecule has 1 aliphatic heterocycles. The van der Waals surface area contributed by atoms with Crippen LogP contribution in [0.4, 0.5) is 5.69 Å². The van der Waals surface area contributed by atoms with Crippen LogP contribution in [0.1, 0.15) is 50.8 Å². The fourth-order valence-electron chi connectivity index (χ4n) is 4.27. The summed E-state index contributed by atoms with van der Waals surface area (Å²) in [6.45, 7) is 7.51. The Morgan fingerprint density at radius 2 is 1.69 bits per heavy atom. The van der Waals surface area contributed by atoms with Crippen LogP contribution in [0.15, 0.2) is 42.5 Å². The highest BCUT2D eigenvalue weighted by atomic mass is 16.5. The number of hydrogen-bond donors (Lipinski definition) is 1. The molecule has 0 saturated carbocycles. The topological polar surface area (TPSA) is 94.2 Å². The van der Waals surface area contributed by atoms with Gasteiger partial charge in [0.05, 0.1) is 26.2 Å². The first kappa shape index (κ1) is 27.0. The fourth-order valence-corrected chi connectivity index (χ4v) is 4.27. The van der Waals surface area contributed by atoms with Crippen LogP contribution >= 0.6 is 0 Å². The third kappa shape index (κ3) is 6.17. The maximum Gasteiger partial charge on any atom is 0.311 e. The Morgan fingerprint density at radius 3 is 2.31 bits per heavy atom. The molecule has 36 heavy (non-hydrogen) atoms. The quantitative estimate of drug-likeness (QED) is 0.523. The number of anilines is 1. The summed E-state index contributed by atoms with van der Waals surface area (Å²) in [4.78, 5) is 40.5. The van der Waals surface area contributed by atoms with Crippen LogP contribution in [-0.4, -0.2) is 44.7 Å². The minimum atomic E-state index is -0.669. The highest BCUT2D eigenvalue weighted by molar-refractivity contribution is 5.97. The number of methoxy groups -OCH3 is 2. The standard InChI is InChI=1S/C28H36N2O6/c1-17(2)19(4)29-25(31)16-36-28(33)22-12-14-26(32)30(21-10-7-18(3)8-11-21)27(22)20-9-13-23(34-5)24(15-20)35-6/h7-11,13,15,17,19,22,27H,12,14,16H2,1-6H3,(H,29,31). The van der Waals surface area contributed by atoms with Crippen molar-refractivity contribution in [3.05, 3.63) is 53.6 Å². The zero-order valence-corrected chi connectivity index (χ0v) is 21.9. The number of hydrogen-bond acceptors (Lipinski definition) is 6. The molecule has 2 amide bonds.